The number of hydrogen-bond donors (Lipinski definition) is 2. The number of rotatable bonds is 3. The molecule has 1 unspecified atom stereocenters. The molecule has 0 amide bonds. The molecule has 16 heavy (non-hydrogen) atoms. The lowest BCUT2D eigenvalue weighted by atomic mass is 9.79. The molecule has 2 N–H and O–H groups in total. The Morgan fingerprint density at radius 2 is 1.81 bits per heavy atom. The summed E-state index contributed by atoms with van der Waals surface area (Å²) in [6.07, 6.45) is 5.04. The van der Waals surface area contributed by atoms with E-state index in [1.54, 1.807) is 0 Å². The van der Waals surface area contributed by atoms with E-state index in [4.69, 9.17) is 0 Å². The zero-order chi connectivity index (χ0) is 12.4. The second-order valence-electron chi connectivity index (χ2n) is 6.61. The lowest BCUT2D eigenvalue weighted by molar-refractivity contribution is -0.00889. The van der Waals surface area contributed by atoms with Crippen molar-refractivity contribution >= 4 is 0 Å². The van der Waals surface area contributed by atoms with Gasteiger partial charge in [-0.15, -0.1) is 0 Å². The first-order valence-electron chi connectivity index (χ1n) is 6.75. The predicted octanol–water partition coefficient (Wildman–Crippen LogP) is 3.09. The van der Waals surface area contributed by atoms with Crippen LogP contribution in [0.4, 0.5) is 0 Å². The van der Waals surface area contributed by atoms with Crippen LogP contribution in [0.2, 0.25) is 0 Å². The first kappa shape index (κ1) is 14.0. The van der Waals surface area contributed by atoms with Crippen molar-refractivity contribution in [3.05, 3.63) is 0 Å². The van der Waals surface area contributed by atoms with Crippen LogP contribution in [0.5, 0.6) is 0 Å². The van der Waals surface area contributed by atoms with Crippen molar-refractivity contribution in [3.8, 4) is 0 Å². The first-order chi connectivity index (χ1) is 7.27. The second-order valence-corrected chi connectivity index (χ2v) is 6.61. The Balaban J connectivity index is 2.38. The SMILES string of the molecule is CCC1(O)CCC(NC(C)C(C)(C)C)CC1. The zero-order valence-electron chi connectivity index (χ0n) is 11.6. The molecule has 1 saturated carbocycles. The standard InChI is InChI=1S/C14H29NO/c1-6-14(16)9-7-12(8-10-14)15-11(2)13(3,4)5/h11-12,15-16H,6-10H2,1-5H3. The van der Waals surface area contributed by atoms with Gasteiger partial charge in [0.15, 0.2) is 0 Å². The van der Waals surface area contributed by atoms with E-state index >= 15 is 0 Å². The van der Waals surface area contributed by atoms with Gasteiger partial charge in [0.2, 0.25) is 0 Å². The first-order valence-corrected chi connectivity index (χ1v) is 6.75. The minimum atomic E-state index is -0.372. The van der Waals surface area contributed by atoms with Crippen LogP contribution in [0.1, 0.15) is 66.7 Å². The lowest BCUT2D eigenvalue weighted by Crippen LogP contribution is -2.47. The number of nitrogens with one attached hydrogen (secondary N) is 1. The molecule has 1 aliphatic rings. The maximum atomic E-state index is 10.2. The zero-order valence-corrected chi connectivity index (χ0v) is 11.6. The van der Waals surface area contributed by atoms with Crippen molar-refractivity contribution in [2.24, 2.45) is 5.41 Å². The van der Waals surface area contributed by atoms with Gasteiger partial charge >= 0.3 is 0 Å². The van der Waals surface area contributed by atoms with E-state index in [-0.39, 0.29) is 5.60 Å². The summed E-state index contributed by atoms with van der Waals surface area (Å²) in [5, 5.41) is 13.9. The molecule has 1 atom stereocenters. The van der Waals surface area contributed by atoms with E-state index in [2.05, 4.69) is 39.9 Å². The van der Waals surface area contributed by atoms with Crippen molar-refractivity contribution in [2.45, 2.75) is 84.4 Å². The van der Waals surface area contributed by atoms with Crippen LogP contribution in [0, 0.1) is 5.41 Å². The minimum Gasteiger partial charge on any atom is -0.390 e. The molecule has 0 bridgehead atoms. The van der Waals surface area contributed by atoms with E-state index < -0.39 is 0 Å². The molecule has 0 heterocycles. The van der Waals surface area contributed by atoms with Crippen LogP contribution in [0.25, 0.3) is 0 Å². The smallest absolute Gasteiger partial charge is 0.0646 e. The normalized spacial score (nSPS) is 33.8. The van der Waals surface area contributed by atoms with Crippen LogP contribution in [-0.4, -0.2) is 22.8 Å². The highest BCUT2D eigenvalue weighted by Gasteiger charge is 2.32. The number of aliphatic hydroxyl groups is 1. The van der Waals surface area contributed by atoms with Crippen molar-refractivity contribution < 1.29 is 5.11 Å². The predicted molar refractivity (Wildman–Crippen MR) is 69.5 cm³/mol. The van der Waals surface area contributed by atoms with E-state index in [1.165, 1.54) is 0 Å². The molecule has 0 aromatic carbocycles. The Labute approximate surface area is 101 Å². The summed E-state index contributed by atoms with van der Waals surface area (Å²) in [5.41, 5.74) is -0.0539. The van der Waals surface area contributed by atoms with Gasteiger partial charge in [-0.2, -0.15) is 0 Å². The fourth-order valence-electron chi connectivity index (χ4n) is 2.28. The molecule has 0 spiro atoms. The van der Waals surface area contributed by atoms with Gasteiger partial charge in [0.05, 0.1) is 5.60 Å². The van der Waals surface area contributed by atoms with Gasteiger partial charge in [-0.25, -0.2) is 0 Å². The van der Waals surface area contributed by atoms with Crippen molar-refractivity contribution in [1.82, 2.24) is 5.32 Å². The Kier molecular flexibility index (Phi) is 4.42. The quantitative estimate of drug-likeness (QED) is 0.776. The van der Waals surface area contributed by atoms with Crippen LogP contribution < -0.4 is 5.32 Å². The topological polar surface area (TPSA) is 32.3 Å². The molecule has 1 fully saturated rings. The Bertz CT molecular complexity index is 211. The molecule has 1 aliphatic carbocycles. The molecular weight excluding hydrogens is 198 g/mol. The van der Waals surface area contributed by atoms with E-state index in [0.717, 1.165) is 32.1 Å². The van der Waals surface area contributed by atoms with Crippen molar-refractivity contribution in [1.29, 1.82) is 0 Å². The third-order valence-corrected chi connectivity index (χ3v) is 4.36. The van der Waals surface area contributed by atoms with E-state index in [9.17, 15) is 5.11 Å². The molecule has 0 saturated heterocycles. The third kappa shape index (κ3) is 3.74. The molecule has 0 aliphatic heterocycles. The van der Waals surface area contributed by atoms with Crippen LogP contribution in [-0.2, 0) is 0 Å². The average Bonchev–Trinajstić information content (AvgIpc) is 2.20. The summed E-state index contributed by atoms with van der Waals surface area (Å²) in [4.78, 5) is 0. The molecule has 2 nitrogen and oxygen atoms in total. The fourth-order valence-corrected chi connectivity index (χ4v) is 2.28. The van der Waals surface area contributed by atoms with Gasteiger partial charge in [0.1, 0.15) is 0 Å². The Morgan fingerprint density at radius 3 is 2.19 bits per heavy atom. The maximum absolute atomic E-state index is 10.2. The van der Waals surface area contributed by atoms with Crippen LogP contribution in [0.15, 0.2) is 0 Å². The van der Waals surface area contributed by atoms with Crippen LogP contribution in [0.3, 0.4) is 0 Å². The summed E-state index contributed by atoms with van der Waals surface area (Å²) < 4.78 is 0. The van der Waals surface area contributed by atoms with Gasteiger partial charge < -0.3 is 10.4 Å². The summed E-state index contributed by atoms with van der Waals surface area (Å²) in [6.45, 7) is 11.2. The summed E-state index contributed by atoms with van der Waals surface area (Å²) in [7, 11) is 0. The third-order valence-electron chi connectivity index (χ3n) is 4.36. The van der Waals surface area contributed by atoms with Gasteiger partial charge in [0, 0.05) is 12.1 Å². The molecule has 96 valence electrons. The lowest BCUT2D eigenvalue weighted by Gasteiger charge is -2.39. The highest BCUT2D eigenvalue weighted by atomic mass is 16.3. The monoisotopic (exact) mass is 227 g/mol. The van der Waals surface area contributed by atoms with Gasteiger partial charge in [-0.1, -0.05) is 27.7 Å². The molecule has 1 rings (SSSR count). The van der Waals surface area contributed by atoms with E-state index in [0.29, 0.717) is 17.5 Å². The minimum absolute atomic E-state index is 0.318. The highest BCUT2D eigenvalue weighted by Crippen LogP contribution is 2.31. The molecular formula is C14H29NO. The second kappa shape index (κ2) is 5.05. The average molecular weight is 227 g/mol. The fraction of sp³-hybridized carbons (Fsp3) is 1.00. The molecule has 2 heteroatoms. The number of hydrogen-bond acceptors (Lipinski definition) is 2. The van der Waals surface area contributed by atoms with E-state index in [1.807, 2.05) is 0 Å². The highest BCUT2D eigenvalue weighted by molar-refractivity contribution is 4.89. The van der Waals surface area contributed by atoms with Gasteiger partial charge in [-0.05, 0) is 44.4 Å². The van der Waals surface area contributed by atoms with Crippen molar-refractivity contribution in [2.75, 3.05) is 0 Å². The van der Waals surface area contributed by atoms with Gasteiger partial charge in [0.25, 0.3) is 0 Å². The van der Waals surface area contributed by atoms with Crippen LogP contribution >= 0.6 is 0 Å². The Morgan fingerprint density at radius 1 is 1.31 bits per heavy atom. The Hall–Kier alpha value is -0.0800. The summed E-state index contributed by atoms with van der Waals surface area (Å²) >= 11 is 0. The molecule has 0 radical (unpaired) electrons. The summed E-state index contributed by atoms with van der Waals surface area (Å²) in [5.74, 6) is 0. The maximum Gasteiger partial charge on any atom is 0.0646 e. The van der Waals surface area contributed by atoms with Gasteiger partial charge in [-0.3, -0.25) is 0 Å². The molecule has 0 aromatic rings. The van der Waals surface area contributed by atoms with Crippen molar-refractivity contribution in [3.63, 3.8) is 0 Å². The largest absolute Gasteiger partial charge is 0.390 e. The molecule has 0 aromatic heterocycles. The summed E-state index contributed by atoms with van der Waals surface area (Å²) in [6, 6.07) is 1.13.